The number of halogens is 5. The van der Waals surface area contributed by atoms with Gasteiger partial charge in [-0.05, 0) is 37.3 Å². The van der Waals surface area contributed by atoms with Crippen LogP contribution < -0.4 is 15.0 Å². The lowest BCUT2D eigenvalue weighted by atomic mass is 10.3. The Balaban J connectivity index is 1.95. The van der Waals surface area contributed by atoms with Gasteiger partial charge in [-0.15, -0.1) is 0 Å². The minimum atomic E-state index is -4.56. The van der Waals surface area contributed by atoms with Gasteiger partial charge in [0, 0.05) is 11.2 Å². The molecule has 0 bridgehead atoms. The number of rotatable bonds is 8. The molecule has 1 atom stereocenters. The molecule has 156 valence electrons. The molecule has 1 N–H and O–H groups in total. The van der Waals surface area contributed by atoms with Gasteiger partial charge in [0.25, 0.3) is 5.91 Å². The molecule has 0 saturated carbocycles. The SMILES string of the molecule is C=C(Cl)CONC(=O)[C@@H](C)Oc1ccc(Oc2ncc(C(F)(F)F)cc2Cl)cc1. The first-order chi connectivity index (χ1) is 13.6. The summed E-state index contributed by atoms with van der Waals surface area (Å²) in [5, 5.41) is -0.0674. The fourth-order valence-corrected chi connectivity index (χ4v) is 2.14. The molecule has 1 aromatic carbocycles. The van der Waals surface area contributed by atoms with Crippen LogP contribution in [0.1, 0.15) is 12.5 Å². The number of amides is 1. The second-order valence-electron chi connectivity index (χ2n) is 5.61. The average molecular weight is 451 g/mol. The van der Waals surface area contributed by atoms with E-state index < -0.39 is 23.8 Å². The number of carbonyl (C=O) groups is 1. The number of nitrogens with zero attached hydrogens (tertiary/aromatic N) is 1. The van der Waals surface area contributed by atoms with Gasteiger partial charge in [0.15, 0.2) is 6.10 Å². The van der Waals surface area contributed by atoms with Crippen molar-refractivity contribution in [3.8, 4) is 17.4 Å². The second kappa shape index (κ2) is 9.82. The first kappa shape index (κ1) is 22.8. The zero-order chi connectivity index (χ0) is 21.6. The normalized spacial score (nSPS) is 12.2. The van der Waals surface area contributed by atoms with Crippen molar-refractivity contribution in [1.29, 1.82) is 0 Å². The highest BCUT2D eigenvalue weighted by molar-refractivity contribution is 6.31. The Labute approximate surface area is 174 Å². The van der Waals surface area contributed by atoms with Crippen LogP contribution in [0.3, 0.4) is 0 Å². The summed E-state index contributed by atoms with van der Waals surface area (Å²) in [5.41, 5.74) is 1.18. The van der Waals surface area contributed by atoms with E-state index in [0.29, 0.717) is 11.9 Å². The molecular formula is C18H15Cl2F3N2O4. The van der Waals surface area contributed by atoms with Crippen molar-refractivity contribution < 1.29 is 32.3 Å². The lowest BCUT2D eigenvalue weighted by molar-refractivity contribution is -0.139. The smallest absolute Gasteiger partial charge is 0.417 e. The maximum absolute atomic E-state index is 12.6. The summed E-state index contributed by atoms with van der Waals surface area (Å²) in [5.74, 6) is -0.121. The summed E-state index contributed by atoms with van der Waals surface area (Å²) in [4.78, 5) is 20.2. The lowest BCUT2D eigenvalue weighted by Gasteiger charge is -2.15. The van der Waals surface area contributed by atoms with Crippen molar-refractivity contribution in [2.24, 2.45) is 0 Å². The number of hydrogen-bond acceptors (Lipinski definition) is 5. The van der Waals surface area contributed by atoms with E-state index in [2.05, 4.69) is 17.0 Å². The summed E-state index contributed by atoms with van der Waals surface area (Å²) >= 11 is 11.3. The number of aromatic nitrogens is 1. The Kier molecular flexibility index (Phi) is 7.72. The van der Waals surface area contributed by atoms with Gasteiger partial charge >= 0.3 is 6.18 Å². The highest BCUT2D eigenvalue weighted by Crippen LogP contribution is 2.34. The van der Waals surface area contributed by atoms with Crippen molar-refractivity contribution in [3.05, 3.63) is 58.7 Å². The van der Waals surface area contributed by atoms with E-state index in [9.17, 15) is 18.0 Å². The molecule has 0 saturated heterocycles. The fourth-order valence-electron chi connectivity index (χ4n) is 1.88. The average Bonchev–Trinajstić information content (AvgIpc) is 2.63. The van der Waals surface area contributed by atoms with E-state index in [4.69, 9.17) is 37.5 Å². The first-order valence-electron chi connectivity index (χ1n) is 7.98. The van der Waals surface area contributed by atoms with Gasteiger partial charge in [-0.3, -0.25) is 9.63 Å². The monoisotopic (exact) mass is 450 g/mol. The second-order valence-corrected chi connectivity index (χ2v) is 6.56. The Morgan fingerprint density at radius 3 is 2.45 bits per heavy atom. The van der Waals surface area contributed by atoms with E-state index >= 15 is 0 Å². The summed E-state index contributed by atoms with van der Waals surface area (Å²) in [6.45, 7) is 4.86. The van der Waals surface area contributed by atoms with E-state index in [0.717, 1.165) is 6.07 Å². The molecule has 11 heteroatoms. The molecule has 0 aliphatic rings. The fraction of sp³-hybridized carbons (Fsp3) is 0.222. The predicted molar refractivity (Wildman–Crippen MR) is 99.9 cm³/mol. The molecule has 0 unspecified atom stereocenters. The molecule has 2 aromatic rings. The molecule has 0 aliphatic heterocycles. The molecule has 0 radical (unpaired) electrons. The van der Waals surface area contributed by atoms with Crippen molar-refractivity contribution >= 4 is 29.1 Å². The van der Waals surface area contributed by atoms with Crippen LogP contribution in [0.4, 0.5) is 13.2 Å². The van der Waals surface area contributed by atoms with Gasteiger partial charge in [-0.2, -0.15) is 13.2 Å². The van der Waals surface area contributed by atoms with Gasteiger partial charge in [-0.25, -0.2) is 10.5 Å². The molecule has 0 spiro atoms. The number of nitrogens with one attached hydrogen (secondary N) is 1. The Morgan fingerprint density at radius 2 is 1.90 bits per heavy atom. The minimum Gasteiger partial charge on any atom is -0.481 e. The molecule has 1 aromatic heterocycles. The zero-order valence-corrected chi connectivity index (χ0v) is 16.4. The van der Waals surface area contributed by atoms with Crippen LogP contribution in [-0.4, -0.2) is 23.6 Å². The number of hydroxylamine groups is 1. The van der Waals surface area contributed by atoms with Crippen molar-refractivity contribution in [2.75, 3.05) is 6.61 Å². The largest absolute Gasteiger partial charge is 0.481 e. The van der Waals surface area contributed by atoms with Gasteiger partial charge < -0.3 is 9.47 Å². The molecule has 0 fully saturated rings. The van der Waals surface area contributed by atoms with Crippen LogP contribution in [-0.2, 0) is 15.8 Å². The molecule has 0 aliphatic carbocycles. The van der Waals surface area contributed by atoms with Crippen molar-refractivity contribution in [1.82, 2.24) is 10.5 Å². The van der Waals surface area contributed by atoms with Gasteiger partial charge in [0.2, 0.25) is 5.88 Å². The summed E-state index contributed by atoms with van der Waals surface area (Å²) in [6, 6.07) is 6.67. The van der Waals surface area contributed by atoms with Gasteiger partial charge in [0.05, 0.1) is 5.56 Å². The number of pyridine rings is 1. The lowest BCUT2D eigenvalue weighted by Crippen LogP contribution is -2.36. The maximum atomic E-state index is 12.6. The van der Waals surface area contributed by atoms with Gasteiger partial charge in [-0.1, -0.05) is 29.8 Å². The van der Waals surface area contributed by atoms with E-state index in [1.165, 1.54) is 31.2 Å². The number of benzene rings is 1. The van der Waals surface area contributed by atoms with Crippen LogP contribution in [0, 0.1) is 0 Å². The topological polar surface area (TPSA) is 69.7 Å². The maximum Gasteiger partial charge on any atom is 0.417 e. The number of alkyl halides is 3. The summed E-state index contributed by atoms with van der Waals surface area (Å²) in [7, 11) is 0. The van der Waals surface area contributed by atoms with Crippen molar-refractivity contribution in [3.63, 3.8) is 0 Å². The quantitative estimate of drug-likeness (QED) is 0.565. The number of hydrogen-bond donors (Lipinski definition) is 1. The zero-order valence-electron chi connectivity index (χ0n) is 14.9. The third-order valence-corrected chi connectivity index (χ3v) is 3.64. The van der Waals surface area contributed by atoms with E-state index in [1.54, 1.807) is 0 Å². The van der Waals surface area contributed by atoms with Crippen LogP contribution in [0.15, 0.2) is 48.1 Å². The highest BCUT2D eigenvalue weighted by Gasteiger charge is 2.31. The molecule has 1 heterocycles. The Morgan fingerprint density at radius 1 is 1.28 bits per heavy atom. The number of ether oxygens (including phenoxy) is 2. The molecule has 29 heavy (non-hydrogen) atoms. The molecular weight excluding hydrogens is 436 g/mol. The number of carbonyl (C=O) groups excluding carboxylic acids is 1. The van der Waals surface area contributed by atoms with Crippen LogP contribution in [0.2, 0.25) is 5.02 Å². The molecule has 6 nitrogen and oxygen atoms in total. The van der Waals surface area contributed by atoms with Gasteiger partial charge in [0.1, 0.15) is 23.1 Å². The first-order valence-corrected chi connectivity index (χ1v) is 8.74. The Hall–Kier alpha value is -2.49. The van der Waals surface area contributed by atoms with Crippen LogP contribution in [0.5, 0.6) is 17.4 Å². The Bertz CT molecular complexity index is 876. The van der Waals surface area contributed by atoms with Crippen molar-refractivity contribution in [2.45, 2.75) is 19.2 Å². The minimum absolute atomic E-state index is 0.0490. The third-order valence-electron chi connectivity index (χ3n) is 3.26. The predicted octanol–water partition coefficient (Wildman–Crippen LogP) is 5.11. The standard InChI is InChI=1S/C18H15Cl2F3N2O4/c1-10(19)9-27-25-16(26)11(2)28-13-3-5-14(6-4-13)29-17-15(20)7-12(8-24-17)18(21,22)23/h3-8,11H,1,9H2,2H3,(H,25,26)/t11-/m1/s1. The van der Waals surface area contributed by atoms with Crippen LogP contribution in [0.25, 0.3) is 0 Å². The van der Waals surface area contributed by atoms with Crippen LogP contribution >= 0.6 is 23.2 Å². The van der Waals surface area contributed by atoms with E-state index in [1.807, 2.05) is 0 Å². The summed E-state index contributed by atoms with van der Waals surface area (Å²) in [6.07, 6.45) is -4.81. The third kappa shape index (κ3) is 7.12. The highest BCUT2D eigenvalue weighted by atomic mass is 35.5. The summed E-state index contributed by atoms with van der Waals surface area (Å²) < 4.78 is 48.7. The van der Waals surface area contributed by atoms with E-state index in [-0.39, 0.29) is 28.3 Å². The molecule has 1 amide bonds. The molecule has 2 rings (SSSR count).